The second-order valence-electron chi connectivity index (χ2n) is 3.53. The van der Waals surface area contributed by atoms with E-state index in [1.807, 2.05) is 6.07 Å². The molecule has 0 aromatic carbocycles. The summed E-state index contributed by atoms with van der Waals surface area (Å²) >= 11 is 0. The summed E-state index contributed by atoms with van der Waals surface area (Å²) in [4.78, 5) is 6.49. The van der Waals surface area contributed by atoms with E-state index >= 15 is 0 Å². The van der Waals surface area contributed by atoms with Gasteiger partial charge in [0.1, 0.15) is 0 Å². The van der Waals surface area contributed by atoms with Gasteiger partial charge in [-0.2, -0.15) is 0 Å². The first kappa shape index (κ1) is 11.9. The molecule has 0 radical (unpaired) electrons. The van der Waals surface area contributed by atoms with Crippen LogP contribution >= 0.6 is 0 Å². The van der Waals surface area contributed by atoms with Crippen molar-refractivity contribution in [3.05, 3.63) is 24.0 Å². The van der Waals surface area contributed by atoms with E-state index in [9.17, 15) is 0 Å². The fourth-order valence-corrected chi connectivity index (χ4v) is 1.46. The van der Waals surface area contributed by atoms with Crippen LogP contribution in [0.15, 0.2) is 18.3 Å². The summed E-state index contributed by atoms with van der Waals surface area (Å²) in [6, 6.07) is 3.68. The van der Waals surface area contributed by atoms with Crippen molar-refractivity contribution in [3.8, 4) is 0 Å². The molecule has 4 heteroatoms. The Hall–Kier alpha value is -1.13. The Labute approximate surface area is 90.7 Å². The fraction of sp³-hybridized carbons (Fsp3) is 0.545. The van der Waals surface area contributed by atoms with Crippen LogP contribution in [0.1, 0.15) is 19.0 Å². The normalized spacial score (nSPS) is 10.9. The molecule has 0 fully saturated rings. The number of nitrogens with zero attached hydrogens (tertiary/aromatic N) is 2. The highest BCUT2D eigenvalue weighted by molar-refractivity contribution is 5.37. The van der Waals surface area contributed by atoms with Crippen molar-refractivity contribution in [2.24, 2.45) is 0 Å². The second-order valence-corrected chi connectivity index (χ2v) is 3.53. The number of aromatic nitrogens is 1. The van der Waals surface area contributed by atoms with E-state index in [1.54, 1.807) is 12.3 Å². The van der Waals surface area contributed by atoms with E-state index in [-0.39, 0.29) is 6.61 Å². The van der Waals surface area contributed by atoms with Gasteiger partial charge in [0, 0.05) is 31.6 Å². The zero-order valence-corrected chi connectivity index (χ0v) is 9.19. The molecule has 3 N–H and O–H groups in total. The molecular formula is C11H19N3O. The summed E-state index contributed by atoms with van der Waals surface area (Å²) in [6.45, 7) is 4.98. The highest BCUT2D eigenvalue weighted by Gasteiger charge is 2.04. The van der Waals surface area contributed by atoms with Crippen LogP contribution in [0.4, 0.5) is 5.69 Å². The fourth-order valence-electron chi connectivity index (χ4n) is 1.46. The van der Waals surface area contributed by atoms with Gasteiger partial charge >= 0.3 is 0 Å². The zero-order valence-electron chi connectivity index (χ0n) is 9.19. The van der Waals surface area contributed by atoms with Gasteiger partial charge in [-0.15, -0.1) is 0 Å². The number of pyridine rings is 1. The minimum atomic E-state index is 0.237. The highest BCUT2D eigenvalue weighted by atomic mass is 16.3. The third-order valence-electron chi connectivity index (χ3n) is 2.31. The van der Waals surface area contributed by atoms with Gasteiger partial charge in [-0.1, -0.05) is 6.92 Å². The molecule has 0 spiro atoms. The Kier molecular flexibility index (Phi) is 5.07. The number of nitrogen functional groups attached to an aromatic ring is 1. The van der Waals surface area contributed by atoms with Crippen LogP contribution < -0.4 is 5.73 Å². The van der Waals surface area contributed by atoms with Crippen molar-refractivity contribution < 1.29 is 5.11 Å². The van der Waals surface area contributed by atoms with E-state index in [4.69, 9.17) is 10.8 Å². The molecule has 0 aliphatic heterocycles. The minimum Gasteiger partial charge on any atom is -0.399 e. The van der Waals surface area contributed by atoms with Crippen LogP contribution in [-0.2, 0) is 6.54 Å². The molecule has 1 heterocycles. The molecular weight excluding hydrogens is 190 g/mol. The van der Waals surface area contributed by atoms with Crippen molar-refractivity contribution in [2.75, 3.05) is 25.4 Å². The summed E-state index contributed by atoms with van der Waals surface area (Å²) < 4.78 is 0. The number of hydrogen-bond donors (Lipinski definition) is 2. The van der Waals surface area contributed by atoms with Crippen molar-refractivity contribution >= 4 is 5.69 Å². The van der Waals surface area contributed by atoms with Crippen LogP contribution in [-0.4, -0.2) is 34.7 Å². The van der Waals surface area contributed by atoms with Gasteiger partial charge in [-0.25, -0.2) is 0 Å². The maximum Gasteiger partial charge on any atom is 0.0564 e. The molecule has 0 saturated heterocycles. The average Bonchev–Trinajstić information content (AvgIpc) is 2.24. The summed E-state index contributed by atoms with van der Waals surface area (Å²) in [5, 5.41) is 8.76. The summed E-state index contributed by atoms with van der Waals surface area (Å²) in [5.41, 5.74) is 7.41. The van der Waals surface area contributed by atoms with Gasteiger partial charge in [0.25, 0.3) is 0 Å². The van der Waals surface area contributed by atoms with Gasteiger partial charge in [0.15, 0.2) is 0 Å². The predicted molar refractivity (Wildman–Crippen MR) is 61.3 cm³/mol. The predicted octanol–water partition coefficient (Wildman–Crippen LogP) is 0.868. The SMILES string of the molecule is CCN(CCCO)Cc1cc(N)ccn1. The largest absolute Gasteiger partial charge is 0.399 e. The molecule has 4 nitrogen and oxygen atoms in total. The zero-order chi connectivity index (χ0) is 11.1. The van der Waals surface area contributed by atoms with Gasteiger partial charge in [0.2, 0.25) is 0 Å². The number of aliphatic hydroxyl groups excluding tert-OH is 1. The number of hydrogen-bond acceptors (Lipinski definition) is 4. The molecule has 0 atom stereocenters. The van der Waals surface area contributed by atoms with Crippen LogP contribution in [0, 0.1) is 0 Å². The van der Waals surface area contributed by atoms with Crippen LogP contribution in [0.25, 0.3) is 0 Å². The first-order valence-electron chi connectivity index (χ1n) is 5.30. The summed E-state index contributed by atoms with van der Waals surface area (Å²) in [7, 11) is 0. The van der Waals surface area contributed by atoms with Crippen molar-refractivity contribution in [3.63, 3.8) is 0 Å². The smallest absolute Gasteiger partial charge is 0.0564 e. The van der Waals surface area contributed by atoms with Crippen LogP contribution in [0.2, 0.25) is 0 Å². The Balaban J connectivity index is 2.50. The lowest BCUT2D eigenvalue weighted by atomic mass is 10.3. The Morgan fingerprint density at radius 2 is 2.33 bits per heavy atom. The molecule has 1 aromatic heterocycles. The van der Waals surface area contributed by atoms with Crippen molar-refractivity contribution in [1.29, 1.82) is 0 Å². The maximum atomic E-state index is 8.76. The molecule has 1 rings (SSSR count). The Bertz CT molecular complexity index is 291. The van der Waals surface area contributed by atoms with E-state index in [0.717, 1.165) is 37.4 Å². The topological polar surface area (TPSA) is 62.4 Å². The molecule has 15 heavy (non-hydrogen) atoms. The lowest BCUT2D eigenvalue weighted by Crippen LogP contribution is -2.25. The molecule has 0 bridgehead atoms. The van der Waals surface area contributed by atoms with E-state index in [0.29, 0.717) is 0 Å². The molecule has 1 aromatic rings. The first-order valence-corrected chi connectivity index (χ1v) is 5.30. The summed E-state index contributed by atoms with van der Waals surface area (Å²) in [5.74, 6) is 0. The maximum absolute atomic E-state index is 8.76. The Morgan fingerprint density at radius 3 is 2.93 bits per heavy atom. The molecule has 0 amide bonds. The van der Waals surface area contributed by atoms with E-state index in [1.165, 1.54) is 0 Å². The monoisotopic (exact) mass is 209 g/mol. The molecule has 0 saturated carbocycles. The third kappa shape index (κ3) is 4.27. The van der Waals surface area contributed by atoms with E-state index in [2.05, 4.69) is 16.8 Å². The third-order valence-corrected chi connectivity index (χ3v) is 2.31. The number of rotatable bonds is 6. The minimum absolute atomic E-state index is 0.237. The van der Waals surface area contributed by atoms with Gasteiger partial charge in [-0.3, -0.25) is 9.88 Å². The highest BCUT2D eigenvalue weighted by Crippen LogP contribution is 2.06. The lowest BCUT2D eigenvalue weighted by Gasteiger charge is -2.19. The van der Waals surface area contributed by atoms with Crippen molar-refractivity contribution in [2.45, 2.75) is 19.9 Å². The first-order chi connectivity index (χ1) is 7.26. The Morgan fingerprint density at radius 1 is 1.53 bits per heavy atom. The number of aliphatic hydroxyl groups is 1. The molecule has 0 aliphatic carbocycles. The van der Waals surface area contributed by atoms with Gasteiger partial charge < -0.3 is 10.8 Å². The van der Waals surface area contributed by atoms with Crippen molar-refractivity contribution in [1.82, 2.24) is 9.88 Å². The van der Waals surface area contributed by atoms with Gasteiger partial charge in [0.05, 0.1) is 5.69 Å². The molecule has 0 aliphatic rings. The lowest BCUT2D eigenvalue weighted by molar-refractivity contribution is 0.224. The standard InChI is InChI=1S/C11H19N3O/c1-2-14(6-3-7-15)9-11-8-10(12)4-5-13-11/h4-5,8,15H,2-3,6-7,9H2,1H3,(H2,12,13). The van der Waals surface area contributed by atoms with Crippen LogP contribution in [0.5, 0.6) is 0 Å². The number of anilines is 1. The number of nitrogens with two attached hydrogens (primary N) is 1. The van der Waals surface area contributed by atoms with E-state index < -0.39 is 0 Å². The molecule has 84 valence electrons. The average molecular weight is 209 g/mol. The van der Waals surface area contributed by atoms with Crippen LogP contribution in [0.3, 0.4) is 0 Å². The van der Waals surface area contributed by atoms with Gasteiger partial charge in [-0.05, 0) is 25.1 Å². The quantitative estimate of drug-likeness (QED) is 0.729. The molecule has 0 unspecified atom stereocenters. The second kappa shape index (κ2) is 6.37. The summed E-state index contributed by atoms with van der Waals surface area (Å²) in [6.07, 6.45) is 2.53.